The summed E-state index contributed by atoms with van der Waals surface area (Å²) in [5.74, 6) is 0.708. The molecule has 4 atom stereocenters. The normalized spacial score (nSPS) is 33.1. The summed E-state index contributed by atoms with van der Waals surface area (Å²) < 4.78 is 0. The number of rotatable bonds is 4. The fraction of sp³-hybridized carbons (Fsp3) is 0.500. The van der Waals surface area contributed by atoms with Gasteiger partial charge < -0.3 is 19.8 Å². The van der Waals surface area contributed by atoms with E-state index in [2.05, 4.69) is 9.97 Å². The molecule has 3 saturated carbocycles. The van der Waals surface area contributed by atoms with Crippen LogP contribution in [0.2, 0.25) is 0 Å². The van der Waals surface area contributed by atoms with Crippen molar-refractivity contribution in [2.24, 2.45) is 17.3 Å². The number of nitrogens with zero attached hydrogens (tertiary/aromatic N) is 2. The Morgan fingerprint density at radius 2 is 1.38 bits per heavy atom. The molecule has 2 unspecified atom stereocenters. The van der Waals surface area contributed by atoms with Gasteiger partial charge in [0.25, 0.3) is 0 Å². The number of nitrogens with one attached hydrogen (secondary N) is 2. The van der Waals surface area contributed by atoms with Crippen LogP contribution in [0.5, 0.6) is 0 Å². The molecule has 2 aromatic heterocycles. The standard InChI is InChI=1S/C32H32N4O4/c1-16-12-33-27-20(37)8-22-31(25(16)27)10-18(31)14-35(22)24(39)4-7-30(5-3-6-30)29(40)36-15-19-11-32(19)23(36)9-21(38)28-26(32)17(2)13-34-28/h8-9,12-13,18-19,33-34H,3-7,10-11,14-15H2,1-2H3/t18-,19-,31?,32?/m1/s1. The van der Waals surface area contributed by atoms with Gasteiger partial charge in [-0.05, 0) is 80.0 Å². The van der Waals surface area contributed by atoms with Crippen molar-refractivity contribution in [2.45, 2.75) is 69.6 Å². The number of allylic oxidation sites excluding steroid dienone is 4. The number of ketones is 2. The van der Waals surface area contributed by atoms with Crippen molar-refractivity contribution in [3.8, 4) is 0 Å². The molecule has 5 fully saturated rings. The van der Waals surface area contributed by atoms with Gasteiger partial charge in [0.05, 0.1) is 16.8 Å². The number of carbonyl (C=O) groups is 4. The summed E-state index contributed by atoms with van der Waals surface area (Å²) in [6.45, 7) is 5.37. The maximum atomic E-state index is 14.2. The fourth-order valence-corrected chi connectivity index (χ4v) is 9.47. The third-order valence-corrected chi connectivity index (χ3v) is 11.7. The highest BCUT2D eigenvalue weighted by atomic mass is 16.2. The molecule has 0 radical (unpaired) electrons. The van der Waals surface area contributed by atoms with Crippen LogP contribution >= 0.6 is 0 Å². The number of aryl methyl sites for hydroxylation is 2. The molecule has 2 aromatic rings. The number of aromatic amines is 2. The van der Waals surface area contributed by atoms with E-state index in [1.807, 2.05) is 36.0 Å². The summed E-state index contributed by atoms with van der Waals surface area (Å²) >= 11 is 0. The lowest BCUT2D eigenvalue weighted by molar-refractivity contribution is -0.146. The van der Waals surface area contributed by atoms with Crippen molar-refractivity contribution in [3.05, 3.63) is 69.6 Å². The van der Waals surface area contributed by atoms with Crippen LogP contribution in [0.3, 0.4) is 0 Å². The summed E-state index contributed by atoms with van der Waals surface area (Å²) in [5, 5.41) is 0. The number of piperidine rings is 2. The first kappa shape index (κ1) is 23.1. The number of aromatic nitrogens is 2. The minimum absolute atomic E-state index is 0.0155. The molecule has 0 bridgehead atoms. The summed E-state index contributed by atoms with van der Waals surface area (Å²) in [5.41, 5.74) is 6.49. The number of H-pyrrole nitrogens is 2. The van der Waals surface area contributed by atoms with Gasteiger partial charge in [-0.25, -0.2) is 0 Å². The summed E-state index contributed by atoms with van der Waals surface area (Å²) in [7, 11) is 0. The lowest BCUT2D eigenvalue weighted by Crippen LogP contribution is -2.48. The molecule has 2 N–H and O–H groups in total. The lowest BCUT2D eigenvalue weighted by atomic mass is 9.65. The van der Waals surface area contributed by atoms with Crippen LogP contribution in [0.1, 0.15) is 88.2 Å². The molecular formula is C32H32N4O4. The van der Waals surface area contributed by atoms with Gasteiger partial charge in [0.2, 0.25) is 23.4 Å². The summed E-state index contributed by atoms with van der Waals surface area (Å²) in [4.78, 5) is 63.8. The van der Waals surface area contributed by atoms with E-state index in [1.54, 1.807) is 12.2 Å². The van der Waals surface area contributed by atoms with Crippen LogP contribution in [-0.2, 0) is 20.4 Å². The second-order valence-corrected chi connectivity index (χ2v) is 13.5. The van der Waals surface area contributed by atoms with E-state index in [-0.39, 0.29) is 34.2 Å². The first-order chi connectivity index (χ1) is 19.2. The second-order valence-electron chi connectivity index (χ2n) is 13.5. The van der Waals surface area contributed by atoms with Crippen LogP contribution in [0.4, 0.5) is 0 Å². The average Bonchev–Trinajstić information content (AvgIpc) is 3.50. The molecule has 2 aliphatic heterocycles. The number of amides is 2. The first-order valence-corrected chi connectivity index (χ1v) is 14.7. The Bertz CT molecular complexity index is 1680. The monoisotopic (exact) mass is 536 g/mol. The van der Waals surface area contributed by atoms with Crippen molar-refractivity contribution in [2.75, 3.05) is 13.1 Å². The quantitative estimate of drug-likeness (QED) is 0.617. The third kappa shape index (κ3) is 2.47. The SMILES string of the molecule is Cc1c[nH]c2c1C13C[C@@H]1CN(C(=O)CCC1(C(=O)N4C[C@H]5CC56C4=CC(=O)c4[nH]cc(C)c46)CCC1)C3=CC2=O. The molecule has 8 nitrogen and oxygen atoms in total. The van der Waals surface area contributed by atoms with Gasteiger partial charge in [0.1, 0.15) is 0 Å². The maximum absolute atomic E-state index is 14.2. The number of likely N-dealkylation sites (tertiary alicyclic amines) is 2. The van der Waals surface area contributed by atoms with E-state index in [0.717, 1.165) is 65.8 Å². The van der Waals surface area contributed by atoms with Gasteiger partial charge in [0.15, 0.2) is 0 Å². The Balaban J connectivity index is 0.960. The molecule has 0 aromatic carbocycles. The Morgan fingerprint density at radius 1 is 0.850 bits per heavy atom. The highest BCUT2D eigenvalue weighted by Gasteiger charge is 2.70. The highest BCUT2D eigenvalue weighted by Crippen LogP contribution is 2.69. The third-order valence-electron chi connectivity index (χ3n) is 11.7. The van der Waals surface area contributed by atoms with E-state index < -0.39 is 5.41 Å². The number of hydrogen-bond acceptors (Lipinski definition) is 4. The van der Waals surface area contributed by atoms with Crippen LogP contribution < -0.4 is 0 Å². The zero-order chi connectivity index (χ0) is 27.3. The van der Waals surface area contributed by atoms with Gasteiger partial charge in [-0.3, -0.25) is 19.2 Å². The van der Waals surface area contributed by atoms with E-state index in [9.17, 15) is 19.2 Å². The zero-order valence-corrected chi connectivity index (χ0v) is 22.9. The van der Waals surface area contributed by atoms with Crippen molar-refractivity contribution in [1.29, 1.82) is 0 Å². The van der Waals surface area contributed by atoms with E-state index in [1.165, 1.54) is 0 Å². The Labute approximate surface area is 231 Å². The molecular weight excluding hydrogens is 504 g/mol. The minimum Gasteiger partial charge on any atom is -0.358 e. The molecule has 8 heteroatoms. The van der Waals surface area contributed by atoms with Gasteiger partial charge in [-0.2, -0.15) is 0 Å². The van der Waals surface area contributed by atoms with Crippen LogP contribution in [0.15, 0.2) is 35.9 Å². The fourth-order valence-electron chi connectivity index (χ4n) is 9.47. The lowest BCUT2D eigenvalue weighted by Gasteiger charge is -2.44. The minimum atomic E-state index is -0.549. The van der Waals surface area contributed by atoms with Crippen molar-refractivity contribution in [1.82, 2.24) is 19.8 Å². The van der Waals surface area contributed by atoms with E-state index in [0.29, 0.717) is 49.2 Å². The van der Waals surface area contributed by atoms with Crippen LogP contribution in [0, 0.1) is 31.1 Å². The van der Waals surface area contributed by atoms with Gasteiger partial charge in [-0.1, -0.05) is 6.42 Å². The molecule has 7 aliphatic rings. The Kier molecular flexibility index (Phi) is 4.01. The predicted molar refractivity (Wildman–Crippen MR) is 144 cm³/mol. The van der Waals surface area contributed by atoms with E-state index in [4.69, 9.17) is 0 Å². The molecule has 40 heavy (non-hydrogen) atoms. The number of carbonyl (C=O) groups excluding carboxylic acids is 4. The molecule has 9 rings (SSSR count). The van der Waals surface area contributed by atoms with E-state index >= 15 is 0 Å². The molecule has 4 heterocycles. The van der Waals surface area contributed by atoms with Crippen LogP contribution in [0.25, 0.3) is 0 Å². The first-order valence-electron chi connectivity index (χ1n) is 14.7. The molecule has 5 aliphatic carbocycles. The zero-order valence-electron chi connectivity index (χ0n) is 22.9. The van der Waals surface area contributed by atoms with Crippen molar-refractivity contribution in [3.63, 3.8) is 0 Å². The van der Waals surface area contributed by atoms with Crippen molar-refractivity contribution >= 4 is 23.4 Å². The summed E-state index contributed by atoms with van der Waals surface area (Å²) in [6.07, 6.45) is 12.5. The Hall–Kier alpha value is -3.68. The largest absolute Gasteiger partial charge is 0.358 e. The predicted octanol–water partition coefficient (Wildman–Crippen LogP) is 3.97. The molecule has 204 valence electrons. The van der Waals surface area contributed by atoms with Crippen LogP contribution in [-0.4, -0.2) is 56.2 Å². The maximum Gasteiger partial charge on any atom is 0.232 e. The summed E-state index contributed by atoms with van der Waals surface area (Å²) in [6, 6.07) is 0. The number of fused-ring (bicyclic) bond motifs is 2. The molecule has 2 amide bonds. The van der Waals surface area contributed by atoms with Crippen molar-refractivity contribution < 1.29 is 19.2 Å². The topological polar surface area (TPSA) is 106 Å². The smallest absolute Gasteiger partial charge is 0.232 e. The molecule has 2 saturated heterocycles. The Morgan fingerprint density at radius 3 is 1.90 bits per heavy atom. The number of hydrogen-bond donors (Lipinski definition) is 2. The second kappa shape index (κ2) is 6.96. The van der Waals surface area contributed by atoms with Gasteiger partial charge in [-0.15, -0.1) is 0 Å². The molecule has 2 spiro atoms. The average molecular weight is 537 g/mol. The van der Waals surface area contributed by atoms with Gasteiger partial charge in [0, 0.05) is 66.3 Å². The highest BCUT2D eigenvalue weighted by molar-refractivity contribution is 6.09. The van der Waals surface area contributed by atoms with Gasteiger partial charge >= 0.3 is 0 Å².